The van der Waals surface area contributed by atoms with E-state index >= 15 is 0 Å². The Kier molecular flexibility index (Phi) is 5.87. The molecule has 0 unspecified atom stereocenters. The van der Waals surface area contributed by atoms with Crippen molar-refractivity contribution in [1.82, 2.24) is 9.97 Å². The first-order chi connectivity index (χ1) is 15.3. The van der Waals surface area contributed by atoms with Crippen LogP contribution in [0.4, 0.5) is 17.3 Å². The van der Waals surface area contributed by atoms with E-state index in [0.717, 1.165) is 16.8 Å². The fourth-order valence-electron chi connectivity index (χ4n) is 3.28. The highest BCUT2D eigenvalue weighted by atomic mass is 32.2. The normalized spacial score (nSPS) is 11.3. The maximum atomic E-state index is 13.1. The number of nitrogens with one attached hydrogen (secondary N) is 2. The van der Waals surface area contributed by atoms with Crippen LogP contribution in [0.1, 0.15) is 18.1 Å². The SMILES string of the molecule is CC(=O)Cc1ccc(S(=O)(=O)Nc2nc3ccccc3nc2Nc2cccc(C)c2)cc1. The molecule has 7 nitrogen and oxygen atoms in total. The van der Waals surface area contributed by atoms with Gasteiger partial charge in [-0.3, -0.25) is 9.52 Å². The predicted octanol–water partition coefficient (Wildman–Crippen LogP) is 4.61. The minimum Gasteiger partial charge on any atom is -0.337 e. The molecule has 1 heterocycles. The molecule has 0 atom stereocenters. The van der Waals surface area contributed by atoms with Crippen LogP contribution in [0.3, 0.4) is 0 Å². The molecule has 1 aromatic heterocycles. The van der Waals surface area contributed by atoms with Crippen LogP contribution in [0.15, 0.2) is 77.7 Å². The third-order valence-electron chi connectivity index (χ3n) is 4.77. The average molecular weight is 447 g/mol. The van der Waals surface area contributed by atoms with Crippen LogP contribution < -0.4 is 10.0 Å². The number of benzene rings is 3. The summed E-state index contributed by atoms with van der Waals surface area (Å²) in [5.41, 5.74) is 3.78. The number of carbonyl (C=O) groups is 1. The molecule has 4 aromatic rings. The van der Waals surface area contributed by atoms with Gasteiger partial charge in [-0.15, -0.1) is 0 Å². The summed E-state index contributed by atoms with van der Waals surface area (Å²) in [6, 6.07) is 21.1. The quantitative estimate of drug-likeness (QED) is 0.430. The lowest BCUT2D eigenvalue weighted by Crippen LogP contribution is -2.16. The second kappa shape index (κ2) is 8.76. The first kappa shape index (κ1) is 21.5. The van der Waals surface area contributed by atoms with E-state index in [4.69, 9.17) is 0 Å². The van der Waals surface area contributed by atoms with Crippen molar-refractivity contribution < 1.29 is 13.2 Å². The zero-order chi connectivity index (χ0) is 22.7. The van der Waals surface area contributed by atoms with Crippen molar-refractivity contribution in [3.05, 3.63) is 83.9 Å². The van der Waals surface area contributed by atoms with Crippen molar-refractivity contribution >= 4 is 44.2 Å². The third-order valence-corrected chi connectivity index (χ3v) is 6.12. The average Bonchev–Trinajstić information content (AvgIpc) is 2.74. The Bertz CT molecular complexity index is 1400. The topological polar surface area (TPSA) is 101 Å². The summed E-state index contributed by atoms with van der Waals surface area (Å²) in [6.45, 7) is 3.46. The summed E-state index contributed by atoms with van der Waals surface area (Å²) in [4.78, 5) is 20.5. The van der Waals surface area contributed by atoms with E-state index in [0.29, 0.717) is 16.9 Å². The number of nitrogens with zero attached hydrogens (tertiary/aromatic N) is 2. The van der Waals surface area contributed by atoms with Crippen LogP contribution in [-0.4, -0.2) is 24.2 Å². The van der Waals surface area contributed by atoms with Crippen molar-refractivity contribution in [3.8, 4) is 0 Å². The molecule has 162 valence electrons. The first-order valence-corrected chi connectivity index (χ1v) is 11.5. The van der Waals surface area contributed by atoms with Gasteiger partial charge in [-0.1, -0.05) is 36.4 Å². The molecule has 0 radical (unpaired) electrons. The zero-order valence-electron chi connectivity index (χ0n) is 17.7. The van der Waals surface area contributed by atoms with Gasteiger partial charge in [-0.05, 0) is 61.4 Å². The molecule has 2 N–H and O–H groups in total. The van der Waals surface area contributed by atoms with Gasteiger partial charge in [0.25, 0.3) is 10.0 Å². The molecule has 0 aliphatic carbocycles. The van der Waals surface area contributed by atoms with E-state index in [9.17, 15) is 13.2 Å². The molecule has 8 heteroatoms. The second-order valence-electron chi connectivity index (χ2n) is 7.53. The molecule has 0 aliphatic rings. The number of carbonyl (C=O) groups excluding carboxylic acids is 1. The number of sulfonamides is 1. The highest BCUT2D eigenvalue weighted by Gasteiger charge is 2.19. The van der Waals surface area contributed by atoms with E-state index in [2.05, 4.69) is 20.0 Å². The van der Waals surface area contributed by atoms with Gasteiger partial charge < -0.3 is 5.32 Å². The zero-order valence-corrected chi connectivity index (χ0v) is 18.5. The van der Waals surface area contributed by atoms with Gasteiger partial charge in [-0.2, -0.15) is 0 Å². The molecule has 0 fully saturated rings. The van der Waals surface area contributed by atoms with Crippen LogP contribution in [0, 0.1) is 6.92 Å². The van der Waals surface area contributed by atoms with Crippen molar-refractivity contribution in [2.24, 2.45) is 0 Å². The number of Topliss-reactive ketones (excluding diaryl/α,β-unsaturated/α-hetero) is 1. The Balaban J connectivity index is 1.71. The fraction of sp³-hybridized carbons (Fsp3) is 0.125. The number of ketones is 1. The van der Waals surface area contributed by atoms with E-state index in [1.165, 1.54) is 19.1 Å². The highest BCUT2D eigenvalue weighted by molar-refractivity contribution is 7.92. The molecule has 4 rings (SSSR count). The van der Waals surface area contributed by atoms with Crippen molar-refractivity contribution in [1.29, 1.82) is 0 Å². The van der Waals surface area contributed by atoms with Crippen LogP contribution >= 0.6 is 0 Å². The second-order valence-corrected chi connectivity index (χ2v) is 9.21. The van der Waals surface area contributed by atoms with E-state index in [1.54, 1.807) is 18.2 Å². The molecule has 0 saturated heterocycles. The van der Waals surface area contributed by atoms with E-state index in [1.807, 2.05) is 49.4 Å². The number of aromatic nitrogens is 2. The standard InChI is InChI=1S/C24H22N4O3S/c1-16-6-5-7-19(14-16)25-23-24(27-22-9-4-3-8-21(22)26-23)28-32(30,31)20-12-10-18(11-13-20)15-17(2)29/h3-14H,15H2,1-2H3,(H,25,26)(H,27,28). The van der Waals surface area contributed by atoms with Gasteiger partial charge in [0, 0.05) is 12.1 Å². The Labute approximate surface area is 186 Å². The summed E-state index contributed by atoms with van der Waals surface area (Å²) < 4.78 is 28.7. The molecule has 32 heavy (non-hydrogen) atoms. The largest absolute Gasteiger partial charge is 0.337 e. The lowest BCUT2D eigenvalue weighted by molar-refractivity contribution is -0.116. The lowest BCUT2D eigenvalue weighted by atomic mass is 10.1. The van der Waals surface area contributed by atoms with E-state index < -0.39 is 10.0 Å². The smallest absolute Gasteiger partial charge is 0.263 e. The van der Waals surface area contributed by atoms with Gasteiger partial charge >= 0.3 is 0 Å². The summed E-state index contributed by atoms with van der Waals surface area (Å²) in [7, 11) is -3.93. The lowest BCUT2D eigenvalue weighted by Gasteiger charge is -2.14. The number of para-hydroxylation sites is 2. The van der Waals surface area contributed by atoms with E-state index in [-0.39, 0.29) is 22.9 Å². The van der Waals surface area contributed by atoms with Crippen LogP contribution in [-0.2, 0) is 21.2 Å². The Hall–Kier alpha value is -3.78. The van der Waals surface area contributed by atoms with Crippen LogP contribution in [0.5, 0.6) is 0 Å². The molecule has 0 spiro atoms. The van der Waals surface area contributed by atoms with Gasteiger partial charge in [0.1, 0.15) is 5.78 Å². The van der Waals surface area contributed by atoms with Gasteiger partial charge in [0.05, 0.1) is 15.9 Å². The van der Waals surface area contributed by atoms with Gasteiger partial charge in [-0.25, -0.2) is 18.4 Å². The number of hydrogen-bond donors (Lipinski definition) is 2. The Morgan fingerprint density at radius 2 is 1.53 bits per heavy atom. The number of aryl methyl sites for hydroxylation is 1. The summed E-state index contributed by atoms with van der Waals surface area (Å²) >= 11 is 0. The fourth-order valence-corrected chi connectivity index (χ4v) is 4.29. The predicted molar refractivity (Wildman–Crippen MR) is 126 cm³/mol. The van der Waals surface area contributed by atoms with Gasteiger partial charge in [0.15, 0.2) is 11.6 Å². The Morgan fingerprint density at radius 1 is 0.875 bits per heavy atom. The Morgan fingerprint density at radius 3 is 2.16 bits per heavy atom. The summed E-state index contributed by atoms with van der Waals surface area (Å²) in [5, 5.41) is 3.17. The summed E-state index contributed by atoms with van der Waals surface area (Å²) in [5.74, 6) is 0.404. The minimum absolute atomic E-state index is 0.0111. The van der Waals surface area contributed by atoms with Gasteiger partial charge in [0.2, 0.25) is 0 Å². The van der Waals surface area contributed by atoms with Crippen molar-refractivity contribution in [2.75, 3.05) is 10.0 Å². The molecule has 0 aliphatic heterocycles. The molecular weight excluding hydrogens is 424 g/mol. The number of rotatable bonds is 7. The van der Waals surface area contributed by atoms with Crippen LogP contribution in [0.25, 0.3) is 11.0 Å². The van der Waals surface area contributed by atoms with Crippen molar-refractivity contribution in [3.63, 3.8) is 0 Å². The maximum absolute atomic E-state index is 13.1. The highest BCUT2D eigenvalue weighted by Crippen LogP contribution is 2.27. The summed E-state index contributed by atoms with van der Waals surface area (Å²) in [6.07, 6.45) is 0.258. The number of fused-ring (bicyclic) bond motifs is 1. The maximum Gasteiger partial charge on any atom is 0.263 e. The number of hydrogen-bond acceptors (Lipinski definition) is 6. The van der Waals surface area contributed by atoms with Crippen LogP contribution in [0.2, 0.25) is 0 Å². The minimum atomic E-state index is -3.93. The molecular formula is C24H22N4O3S. The molecule has 0 saturated carbocycles. The third kappa shape index (κ3) is 4.92. The molecule has 0 bridgehead atoms. The molecule has 0 amide bonds. The molecule has 3 aromatic carbocycles. The van der Waals surface area contributed by atoms with Crippen molar-refractivity contribution in [2.45, 2.75) is 25.2 Å². The number of anilines is 3. The monoisotopic (exact) mass is 446 g/mol. The first-order valence-electron chi connectivity index (χ1n) is 10.0.